The molecule has 10 nitrogen and oxygen atoms in total. The molecule has 0 unspecified atom stereocenters. The molecule has 0 spiro atoms. The first-order chi connectivity index (χ1) is 9.40. The number of aromatic amines is 1. The van der Waals surface area contributed by atoms with Crippen LogP contribution >= 0.6 is 11.8 Å². The highest BCUT2D eigenvalue weighted by Crippen LogP contribution is 2.32. The van der Waals surface area contributed by atoms with Crippen LogP contribution in [-0.2, 0) is 0 Å². The summed E-state index contributed by atoms with van der Waals surface area (Å²) in [7, 11) is 0. The Balaban J connectivity index is 2.47. The maximum Gasteiger partial charge on any atom is 0.344 e. The van der Waals surface area contributed by atoms with E-state index in [4.69, 9.17) is 5.73 Å². The van der Waals surface area contributed by atoms with E-state index in [2.05, 4.69) is 20.2 Å². The molecule has 0 amide bonds. The second-order valence-electron chi connectivity index (χ2n) is 4.05. The van der Waals surface area contributed by atoms with Crippen LogP contribution in [0, 0.1) is 10.1 Å². The molecule has 0 aromatic carbocycles. The zero-order valence-corrected chi connectivity index (χ0v) is 11.4. The zero-order chi connectivity index (χ0) is 14.9. The van der Waals surface area contributed by atoms with Crippen LogP contribution in [0.15, 0.2) is 21.2 Å². The molecule has 2 aromatic rings. The average Bonchev–Trinajstić information content (AvgIpc) is 2.70. The van der Waals surface area contributed by atoms with Gasteiger partial charge in [0.15, 0.2) is 10.2 Å². The van der Waals surface area contributed by atoms with Crippen LogP contribution in [0.4, 0.5) is 11.6 Å². The smallest absolute Gasteiger partial charge is 0.344 e. The van der Waals surface area contributed by atoms with Crippen molar-refractivity contribution < 1.29 is 4.92 Å². The minimum Gasteiger partial charge on any atom is -0.368 e. The molecule has 20 heavy (non-hydrogen) atoms. The zero-order valence-electron chi connectivity index (χ0n) is 10.6. The van der Waals surface area contributed by atoms with Crippen LogP contribution in [0.5, 0.6) is 0 Å². The molecule has 11 heteroatoms. The van der Waals surface area contributed by atoms with Gasteiger partial charge in [-0.25, -0.2) is 14.9 Å². The van der Waals surface area contributed by atoms with Crippen molar-refractivity contribution in [2.75, 3.05) is 5.73 Å². The summed E-state index contributed by atoms with van der Waals surface area (Å²) in [6, 6.07) is -0.151. The Hall–Kier alpha value is -2.43. The number of anilines is 1. The van der Waals surface area contributed by atoms with E-state index in [1.165, 1.54) is 4.57 Å². The maximum absolute atomic E-state index is 11.6. The summed E-state index contributed by atoms with van der Waals surface area (Å²) in [5, 5.41) is 17.3. The molecule has 0 saturated heterocycles. The van der Waals surface area contributed by atoms with Crippen LogP contribution in [0.25, 0.3) is 0 Å². The highest BCUT2D eigenvalue weighted by molar-refractivity contribution is 7.99. The third kappa shape index (κ3) is 2.61. The predicted octanol–water partition coefficient (Wildman–Crippen LogP) is 0.584. The van der Waals surface area contributed by atoms with Gasteiger partial charge in [-0.1, -0.05) is 0 Å². The van der Waals surface area contributed by atoms with Crippen LogP contribution < -0.4 is 11.4 Å². The van der Waals surface area contributed by atoms with Gasteiger partial charge < -0.3 is 5.73 Å². The van der Waals surface area contributed by atoms with Crippen LogP contribution in [0.1, 0.15) is 19.9 Å². The second-order valence-corrected chi connectivity index (χ2v) is 5.01. The van der Waals surface area contributed by atoms with Crippen molar-refractivity contribution in [1.29, 1.82) is 0 Å². The second kappa shape index (κ2) is 5.28. The van der Waals surface area contributed by atoms with Gasteiger partial charge in [0, 0.05) is 6.04 Å². The summed E-state index contributed by atoms with van der Waals surface area (Å²) in [5.74, 6) is -0.0907. The first-order valence-corrected chi connectivity index (χ1v) is 6.33. The number of nitrogens with zero attached hydrogens (tertiary/aromatic N) is 5. The van der Waals surface area contributed by atoms with Gasteiger partial charge in [0.1, 0.15) is 6.20 Å². The van der Waals surface area contributed by atoms with E-state index in [-0.39, 0.29) is 27.9 Å². The van der Waals surface area contributed by atoms with E-state index in [1.807, 2.05) is 0 Å². The van der Waals surface area contributed by atoms with E-state index >= 15 is 0 Å². The fraction of sp³-hybridized carbons (Fsp3) is 0.333. The largest absolute Gasteiger partial charge is 0.368 e. The SMILES string of the molecule is CC(C)n1c(Sc2nc(N)ncc2[N+](=O)[O-])n[nH]c1=O. The fourth-order valence-electron chi connectivity index (χ4n) is 1.48. The molecule has 3 N–H and O–H groups in total. The standard InChI is InChI=1S/C9H11N7O3S/c1-4(2)15-8(17)13-14-9(15)20-6-5(16(18)19)3-11-7(10)12-6/h3-4H,1-2H3,(H,13,17)(H2,10,11,12). The molecule has 0 radical (unpaired) electrons. The summed E-state index contributed by atoms with van der Waals surface area (Å²) < 4.78 is 1.37. The average molecular weight is 297 g/mol. The topological polar surface area (TPSA) is 146 Å². The van der Waals surface area contributed by atoms with E-state index in [9.17, 15) is 14.9 Å². The molecule has 0 fully saturated rings. The van der Waals surface area contributed by atoms with Gasteiger partial charge in [0.25, 0.3) is 0 Å². The molecule has 0 atom stereocenters. The van der Waals surface area contributed by atoms with E-state index in [0.29, 0.717) is 0 Å². The first-order valence-electron chi connectivity index (χ1n) is 5.51. The number of nitrogens with two attached hydrogens (primary N) is 1. The lowest BCUT2D eigenvalue weighted by atomic mass is 10.4. The third-order valence-corrected chi connectivity index (χ3v) is 3.29. The summed E-state index contributed by atoms with van der Waals surface area (Å²) in [6.07, 6.45) is 1.02. The molecule has 2 heterocycles. The van der Waals surface area contributed by atoms with Gasteiger partial charge in [0.2, 0.25) is 5.95 Å². The molecule has 0 aliphatic heterocycles. The summed E-state index contributed by atoms with van der Waals surface area (Å²) in [5.41, 5.74) is 4.74. The first kappa shape index (κ1) is 14.0. The van der Waals surface area contributed by atoms with Crippen molar-refractivity contribution >= 4 is 23.4 Å². The maximum atomic E-state index is 11.6. The van der Waals surface area contributed by atoms with Crippen molar-refractivity contribution in [2.24, 2.45) is 0 Å². The minimum atomic E-state index is -0.619. The van der Waals surface area contributed by atoms with E-state index < -0.39 is 10.6 Å². The number of hydrogen-bond acceptors (Lipinski definition) is 8. The number of rotatable bonds is 4. The van der Waals surface area contributed by atoms with Crippen molar-refractivity contribution in [1.82, 2.24) is 24.7 Å². The van der Waals surface area contributed by atoms with Gasteiger partial charge in [-0.05, 0) is 25.6 Å². The highest BCUT2D eigenvalue weighted by atomic mass is 32.2. The van der Waals surface area contributed by atoms with Gasteiger partial charge >= 0.3 is 11.4 Å². The van der Waals surface area contributed by atoms with Crippen LogP contribution in [-0.4, -0.2) is 29.7 Å². The normalized spacial score (nSPS) is 10.9. The molecule has 0 aliphatic carbocycles. The number of hydrogen-bond donors (Lipinski definition) is 2. The molecule has 2 rings (SSSR count). The van der Waals surface area contributed by atoms with E-state index in [0.717, 1.165) is 18.0 Å². The van der Waals surface area contributed by atoms with Gasteiger partial charge in [-0.2, -0.15) is 4.98 Å². The molecule has 0 bridgehead atoms. The van der Waals surface area contributed by atoms with Crippen molar-refractivity contribution in [3.63, 3.8) is 0 Å². The third-order valence-electron chi connectivity index (χ3n) is 2.33. The molecule has 106 valence electrons. The lowest BCUT2D eigenvalue weighted by Crippen LogP contribution is -2.19. The number of nitro groups is 1. The molecule has 0 aliphatic rings. The summed E-state index contributed by atoms with van der Waals surface area (Å²) >= 11 is 0.880. The lowest BCUT2D eigenvalue weighted by Gasteiger charge is -2.08. The minimum absolute atomic E-state index is 0.0309. The van der Waals surface area contributed by atoms with Gasteiger partial charge in [-0.15, -0.1) is 5.10 Å². The summed E-state index contributed by atoms with van der Waals surface area (Å²) in [6.45, 7) is 3.59. The monoisotopic (exact) mass is 297 g/mol. The Labute approximate surface area is 116 Å². The number of nitrogens with one attached hydrogen (secondary N) is 1. The van der Waals surface area contributed by atoms with Gasteiger partial charge in [0.05, 0.1) is 4.92 Å². The van der Waals surface area contributed by atoms with E-state index in [1.54, 1.807) is 13.8 Å². The Morgan fingerprint density at radius 2 is 2.25 bits per heavy atom. The molecule has 0 saturated carbocycles. The molecule has 2 aromatic heterocycles. The Kier molecular flexibility index (Phi) is 3.70. The summed E-state index contributed by atoms with van der Waals surface area (Å²) in [4.78, 5) is 29.3. The van der Waals surface area contributed by atoms with Crippen LogP contribution in [0.2, 0.25) is 0 Å². The van der Waals surface area contributed by atoms with Crippen LogP contribution in [0.3, 0.4) is 0 Å². The van der Waals surface area contributed by atoms with Crippen molar-refractivity contribution in [2.45, 2.75) is 30.1 Å². The quantitative estimate of drug-likeness (QED) is 0.473. The number of nitrogen functional groups attached to an aromatic ring is 1. The lowest BCUT2D eigenvalue weighted by molar-refractivity contribution is -0.388. The Morgan fingerprint density at radius 1 is 1.55 bits per heavy atom. The molecular formula is C9H11N7O3S. The van der Waals surface area contributed by atoms with Crippen molar-refractivity contribution in [3.05, 3.63) is 26.8 Å². The van der Waals surface area contributed by atoms with Crippen molar-refractivity contribution in [3.8, 4) is 0 Å². The molecular weight excluding hydrogens is 286 g/mol. The predicted molar refractivity (Wildman–Crippen MR) is 70.5 cm³/mol. The van der Waals surface area contributed by atoms with Gasteiger partial charge in [-0.3, -0.25) is 14.7 Å². The fourth-order valence-corrected chi connectivity index (χ4v) is 2.50. The Bertz CT molecular complexity index is 708. The Morgan fingerprint density at radius 3 is 2.85 bits per heavy atom. The highest BCUT2D eigenvalue weighted by Gasteiger charge is 2.21. The number of H-pyrrole nitrogens is 1. The number of aromatic nitrogens is 5.